The van der Waals surface area contributed by atoms with E-state index < -0.39 is 11.9 Å². The Bertz CT molecular complexity index is 626. The molecule has 0 heterocycles. The van der Waals surface area contributed by atoms with Gasteiger partial charge >= 0.3 is 5.97 Å². The molecule has 4 nitrogen and oxygen atoms in total. The number of aliphatic carboxylic acids is 1. The van der Waals surface area contributed by atoms with Gasteiger partial charge in [0.15, 0.2) is 0 Å². The lowest BCUT2D eigenvalue weighted by molar-refractivity contribution is -0.138. The molecule has 5 heteroatoms. The first-order valence-electron chi connectivity index (χ1n) is 6.39. The summed E-state index contributed by atoms with van der Waals surface area (Å²) < 4.78 is 1.04. The van der Waals surface area contributed by atoms with Crippen LogP contribution in [-0.2, 0) is 4.79 Å². The molecule has 2 N–H and O–H groups in total. The van der Waals surface area contributed by atoms with Gasteiger partial charge in [-0.1, -0.05) is 30.3 Å². The van der Waals surface area contributed by atoms with E-state index >= 15 is 0 Å². The van der Waals surface area contributed by atoms with Crippen LogP contribution < -0.4 is 5.32 Å². The number of rotatable bonds is 5. The SMILES string of the molecule is O=C(NCC(C(=O)O)c1ccccc1)c1ccc(I)cc1. The summed E-state index contributed by atoms with van der Waals surface area (Å²) in [4.78, 5) is 23.3. The summed E-state index contributed by atoms with van der Waals surface area (Å²) in [5, 5.41) is 12.0. The van der Waals surface area contributed by atoms with Crippen LogP contribution in [0.15, 0.2) is 54.6 Å². The van der Waals surface area contributed by atoms with Crippen molar-refractivity contribution in [3.8, 4) is 0 Å². The maximum atomic E-state index is 12.0. The van der Waals surface area contributed by atoms with Gasteiger partial charge in [-0.25, -0.2) is 0 Å². The number of amides is 1. The quantitative estimate of drug-likeness (QED) is 0.766. The van der Waals surface area contributed by atoms with Crippen molar-refractivity contribution in [3.63, 3.8) is 0 Å². The molecular weight excluding hydrogens is 381 g/mol. The highest BCUT2D eigenvalue weighted by atomic mass is 127. The lowest BCUT2D eigenvalue weighted by atomic mass is 9.99. The number of nitrogens with one attached hydrogen (secondary N) is 1. The van der Waals surface area contributed by atoms with Crippen molar-refractivity contribution in [1.29, 1.82) is 0 Å². The van der Waals surface area contributed by atoms with Crippen LogP contribution in [0, 0.1) is 3.57 Å². The Labute approximate surface area is 136 Å². The second-order valence-corrected chi connectivity index (χ2v) is 5.76. The van der Waals surface area contributed by atoms with Crippen LogP contribution in [0.2, 0.25) is 0 Å². The first kappa shape index (κ1) is 15.5. The summed E-state index contributed by atoms with van der Waals surface area (Å²) in [6, 6.07) is 16.0. The van der Waals surface area contributed by atoms with Gasteiger partial charge in [-0.05, 0) is 52.4 Å². The average Bonchev–Trinajstić information content (AvgIpc) is 2.48. The highest BCUT2D eigenvalue weighted by molar-refractivity contribution is 14.1. The minimum Gasteiger partial charge on any atom is -0.481 e. The fourth-order valence-corrected chi connectivity index (χ4v) is 2.29. The van der Waals surface area contributed by atoms with Gasteiger partial charge in [0.05, 0.1) is 5.92 Å². The van der Waals surface area contributed by atoms with E-state index in [9.17, 15) is 14.7 Å². The zero-order valence-electron chi connectivity index (χ0n) is 11.1. The van der Waals surface area contributed by atoms with Crippen LogP contribution >= 0.6 is 22.6 Å². The second-order valence-electron chi connectivity index (χ2n) is 4.52. The number of carboxylic acid groups (broad SMARTS) is 1. The van der Waals surface area contributed by atoms with Crippen molar-refractivity contribution in [2.45, 2.75) is 5.92 Å². The highest BCUT2D eigenvalue weighted by Gasteiger charge is 2.20. The maximum Gasteiger partial charge on any atom is 0.312 e. The summed E-state index contributed by atoms with van der Waals surface area (Å²) >= 11 is 2.16. The molecule has 1 unspecified atom stereocenters. The van der Waals surface area contributed by atoms with Gasteiger partial charge in [-0.15, -0.1) is 0 Å². The third-order valence-corrected chi connectivity index (χ3v) is 3.79. The number of carbonyl (C=O) groups is 2. The molecule has 0 radical (unpaired) electrons. The number of halogens is 1. The van der Waals surface area contributed by atoms with Gasteiger partial charge < -0.3 is 10.4 Å². The lowest BCUT2D eigenvalue weighted by Gasteiger charge is -2.13. The molecule has 0 aromatic heterocycles. The molecular formula is C16H14INO3. The summed E-state index contributed by atoms with van der Waals surface area (Å²) in [5.41, 5.74) is 1.19. The smallest absolute Gasteiger partial charge is 0.312 e. The maximum absolute atomic E-state index is 12.0. The monoisotopic (exact) mass is 395 g/mol. The molecule has 2 aromatic carbocycles. The molecule has 0 bridgehead atoms. The summed E-state index contributed by atoms with van der Waals surface area (Å²) in [5.74, 6) is -1.98. The van der Waals surface area contributed by atoms with Gasteiger partial charge in [-0.2, -0.15) is 0 Å². The average molecular weight is 395 g/mol. The van der Waals surface area contributed by atoms with Crippen LogP contribution in [0.25, 0.3) is 0 Å². The normalized spacial score (nSPS) is 11.7. The van der Waals surface area contributed by atoms with E-state index in [1.165, 1.54) is 0 Å². The second kappa shape index (κ2) is 7.21. The molecule has 0 spiro atoms. The number of benzene rings is 2. The molecule has 2 aromatic rings. The van der Waals surface area contributed by atoms with Gasteiger partial charge in [0, 0.05) is 15.7 Å². The fourth-order valence-electron chi connectivity index (χ4n) is 1.93. The number of hydrogen-bond donors (Lipinski definition) is 2. The van der Waals surface area contributed by atoms with E-state index in [1.807, 2.05) is 18.2 Å². The number of hydrogen-bond acceptors (Lipinski definition) is 2. The molecule has 1 amide bonds. The molecule has 0 saturated heterocycles. The first-order chi connectivity index (χ1) is 10.1. The predicted octanol–water partition coefficient (Wildman–Crippen LogP) is 2.89. The Hall–Kier alpha value is -1.89. The van der Waals surface area contributed by atoms with E-state index in [0.717, 1.165) is 3.57 Å². The Morgan fingerprint density at radius 2 is 1.67 bits per heavy atom. The van der Waals surface area contributed by atoms with E-state index in [2.05, 4.69) is 27.9 Å². The summed E-state index contributed by atoms with van der Waals surface area (Å²) in [6.07, 6.45) is 0. The number of carboxylic acids is 1. The fraction of sp³-hybridized carbons (Fsp3) is 0.125. The third kappa shape index (κ3) is 4.29. The zero-order chi connectivity index (χ0) is 15.2. The Kier molecular flexibility index (Phi) is 5.32. The van der Waals surface area contributed by atoms with Crippen LogP contribution in [0.1, 0.15) is 21.8 Å². The lowest BCUT2D eigenvalue weighted by Crippen LogP contribution is -2.31. The van der Waals surface area contributed by atoms with Crippen molar-refractivity contribution >= 4 is 34.5 Å². The molecule has 108 valence electrons. The van der Waals surface area contributed by atoms with Crippen molar-refractivity contribution in [3.05, 3.63) is 69.3 Å². The van der Waals surface area contributed by atoms with Gasteiger partial charge in [0.1, 0.15) is 0 Å². The predicted molar refractivity (Wildman–Crippen MR) is 88.3 cm³/mol. The molecule has 21 heavy (non-hydrogen) atoms. The van der Waals surface area contributed by atoms with E-state index in [4.69, 9.17) is 0 Å². The van der Waals surface area contributed by atoms with Crippen LogP contribution in [0.4, 0.5) is 0 Å². The molecule has 0 aliphatic rings. The number of carbonyl (C=O) groups excluding carboxylic acids is 1. The van der Waals surface area contributed by atoms with E-state index in [-0.39, 0.29) is 12.5 Å². The molecule has 0 aliphatic heterocycles. The minimum atomic E-state index is -0.955. The third-order valence-electron chi connectivity index (χ3n) is 3.07. The highest BCUT2D eigenvalue weighted by Crippen LogP contribution is 2.15. The van der Waals surface area contributed by atoms with Crippen LogP contribution in [0.5, 0.6) is 0 Å². The van der Waals surface area contributed by atoms with Gasteiger partial charge in [0.25, 0.3) is 5.91 Å². The Morgan fingerprint density at radius 3 is 2.24 bits per heavy atom. The Balaban J connectivity index is 2.04. The molecule has 0 aliphatic carbocycles. The molecule has 0 saturated carbocycles. The van der Waals surface area contributed by atoms with Crippen molar-refractivity contribution < 1.29 is 14.7 Å². The van der Waals surface area contributed by atoms with Crippen molar-refractivity contribution in [1.82, 2.24) is 5.32 Å². The van der Waals surface area contributed by atoms with Crippen LogP contribution in [-0.4, -0.2) is 23.5 Å². The summed E-state index contributed by atoms with van der Waals surface area (Å²) in [6.45, 7) is 0.0597. The summed E-state index contributed by atoms with van der Waals surface area (Å²) in [7, 11) is 0. The molecule has 2 rings (SSSR count). The first-order valence-corrected chi connectivity index (χ1v) is 7.47. The Morgan fingerprint density at radius 1 is 1.05 bits per heavy atom. The largest absolute Gasteiger partial charge is 0.481 e. The molecule has 0 fully saturated rings. The van der Waals surface area contributed by atoms with Crippen LogP contribution in [0.3, 0.4) is 0 Å². The van der Waals surface area contributed by atoms with E-state index in [0.29, 0.717) is 11.1 Å². The van der Waals surface area contributed by atoms with Crippen molar-refractivity contribution in [2.75, 3.05) is 6.54 Å². The van der Waals surface area contributed by atoms with E-state index in [1.54, 1.807) is 36.4 Å². The standard InChI is InChI=1S/C16H14INO3/c17-13-8-6-12(7-9-13)15(19)18-10-14(16(20)21)11-4-2-1-3-5-11/h1-9,14H,10H2,(H,18,19)(H,20,21). The van der Waals surface area contributed by atoms with Gasteiger partial charge in [-0.3, -0.25) is 9.59 Å². The van der Waals surface area contributed by atoms with Gasteiger partial charge in [0.2, 0.25) is 0 Å². The topological polar surface area (TPSA) is 66.4 Å². The molecule has 1 atom stereocenters. The minimum absolute atomic E-state index is 0.0597. The zero-order valence-corrected chi connectivity index (χ0v) is 13.3. The van der Waals surface area contributed by atoms with Crippen molar-refractivity contribution in [2.24, 2.45) is 0 Å².